The highest BCUT2D eigenvalue weighted by atomic mass is 16.3. The van der Waals surface area contributed by atoms with Gasteiger partial charge in [0.15, 0.2) is 17.1 Å². The molecule has 0 amide bonds. The van der Waals surface area contributed by atoms with Crippen LogP contribution >= 0.6 is 0 Å². The SMILES string of the molecule is Oc1ccc(-c2c[c]n3nccc3n2)cc1O. The van der Waals surface area contributed by atoms with E-state index >= 15 is 0 Å². The van der Waals surface area contributed by atoms with Crippen molar-refractivity contribution in [1.82, 2.24) is 14.6 Å². The van der Waals surface area contributed by atoms with Crippen LogP contribution in [0.2, 0.25) is 0 Å². The maximum Gasteiger partial charge on any atom is 0.158 e. The molecule has 0 aliphatic heterocycles. The lowest BCUT2D eigenvalue weighted by Gasteiger charge is -2.03. The van der Waals surface area contributed by atoms with Gasteiger partial charge in [-0.2, -0.15) is 5.10 Å². The highest BCUT2D eigenvalue weighted by molar-refractivity contribution is 5.64. The van der Waals surface area contributed by atoms with Gasteiger partial charge >= 0.3 is 0 Å². The van der Waals surface area contributed by atoms with Crippen LogP contribution in [0.5, 0.6) is 11.5 Å². The van der Waals surface area contributed by atoms with E-state index in [1.165, 1.54) is 16.6 Å². The Kier molecular flexibility index (Phi) is 1.98. The predicted molar refractivity (Wildman–Crippen MR) is 60.6 cm³/mol. The Morgan fingerprint density at radius 1 is 1.12 bits per heavy atom. The second-order valence-corrected chi connectivity index (χ2v) is 3.58. The fourth-order valence-electron chi connectivity index (χ4n) is 1.59. The number of fused-ring (bicyclic) bond motifs is 1. The first-order valence-electron chi connectivity index (χ1n) is 4.99. The standard InChI is InChI=1S/C12H8N3O2/c16-10-2-1-8(7-11(10)17)9-4-6-15-12(14-9)3-5-13-15/h1-5,7,16-17H. The van der Waals surface area contributed by atoms with Crippen molar-refractivity contribution >= 4 is 5.65 Å². The Bertz CT molecular complexity index is 691. The average Bonchev–Trinajstić information content (AvgIpc) is 2.79. The third kappa shape index (κ3) is 1.57. The molecule has 83 valence electrons. The largest absolute Gasteiger partial charge is 0.504 e. The van der Waals surface area contributed by atoms with Crippen LogP contribution in [-0.4, -0.2) is 24.8 Å². The van der Waals surface area contributed by atoms with Crippen molar-refractivity contribution in [3.8, 4) is 22.8 Å². The molecular weight excluding hydrogens is 218 g/mol. The Labute approximate surface area is 96.6 Å². The molecule has 5 heteroatoms. The molecule has 0 unspecified atom stereocenters. The van der Waals surface area contributed by atoms with Crippen LogP contribution in [0.1, 0.15) is 0 Å². The molecule has 0 atom stereocenters. The van der Waals surface area contributed by atoms with Gasteiger partial charge < -0.3 is 10.2 Å². The first-order chi connectivity index (χ1) is 8.24. The van der Waals surface area contributed by atoms with Gasteiger partial charge in [0, 0.05) is 11.6 Å². The monoisotopic (exact) mass is 226 g/mol. The Morgan fingerprint density at radius 3 is 2.82 bits per heavy atom. The Morgan fingerprint density at radius 2 is 2.00 bits per heavy atom. The highest BCUT2D eigenvalue weighted by Crippen LogP contribution is 2.29. The van der Waals surface area contributed by atoms with Gasteiger partial charge in [-0.05, 0) is 24.3 Å². The molecule has 0 saturated heterocycles. The molecule has 3 aromatic rings. The molecule has 0 aliphatic rings. The Balaban J connectivity index is 2.16. The number of rotatable bonds is 1. The maximum absolute atomic E-state index is 9.43. The lowest BCUT2D eigenvalue weighted by Crippen LogP contribution is -1.91. The number of phenols is 2. The summed E-state index contributed by atoms with van der Waals surface area (Å²) in [5.74, 6) is -0.319. The van der Waals surface area contributed by atoms with E-state index in [-0.39, 0.29) is 11.5 Å². The smallest absolute Gasteiger partial charge is 0.158 e. The maximum atomic E-state index is 9.43. The van der Waals surface area contributed by atoms with Crippen molar-refractivity contribution in [2.75, 3.05) is 0 Å². The molecule has 3 rings (SSSR count). The van der Waals surface area contributed by atoms with Crippen molar-refractivity contribution in [1.29, 1.82) is 0 Å². The minimum absolute atomic E-state index is 0.150. The zero-order chi connectivity index (χ0) is 11.8. The molecule has 0 saturated carbocycles. The summed E-state index contributed by atoms with van der Waals surface area (Å²) >= 11 is 0. The van der Waals surface area contributed by atoms with Gasteiger partial charge in [-0.1, -0.05) is 0 Å². The van der Waals surface area contributed by atoms with E-state index in [0.29, 0.717) is 16.9 Å². The molecule has 0 fully saturated rings. The molecule has 17 heavy (non-hydrogen) atoms. The van der Waals surface area contributed by atoms with Crippen LogP contribution in [-0.2, 0) is 0 Å². The van der Waals surface area contributed by atoms with Crippen LogP contribution in [0.25, 0.3) is 16.9 Å². The van der Waals surface area contributed by atoms with E-state index in [1.807, 2.05) is 0 Å². The number of phenolic OH excluding ortho intramolecular Hbond substituents is 2. The summed E-state index contributed by atoms with van der Waals surface area (Å²) in [7, 11) is 0. The molecule has 0 spiro atoms. The number of nitrogens with zero attached hydrogens (tertiary/aromatic N) is 3. The first kappa shape index (κ1) is 9.65. The molecule has 2 aromatic heterocycles. The van der Waals surface area contributed by atoms with E-state index in [1.54, 1.807) is 24.4 Å². The second kappa shape index (κ2) is 3.48. The summed E-state index contributed by atoms with van der Waals surface area (Å²) in [6.45, 7) is 0. The summed E-state index contributed by atoms with van der Waals surface area (Å²) in [6.07, 6.45) is 4.57. The fourth-order valence-corrected chi connectivity index (χ4v) is 1.59. The van der Waals surface area contributed by atoms with Crippen LogP contribution in [0.15, 0.2) is 36.5 Å². The molecule has 0 aliphatic carbocycles. The number of aromatic hydroxyl groups is 2. The first-order valence-corrected chi connectivity index (χ1v) is 4.99. The van der Waals surface area contributed by atoms with Crippen molar-refractivity contribution in [3.63, 3.8) is 0 Å². The van der Waals surface area contributed by atoms with Gasteiger partial charge in [-0.3, -0.25) is 0 Å². The summed E-state index contributed by atoms with van der Waals surface area (Å²) in [5, 5.41) is 22.7. The lowest BCUT2D eigenvalue weighted by molar-refractivity contribution is 0.404. The number of hydrogen-bond donors (Lipinski definition) is 2. The van der Waals surface area contributed by atoms with E-state index in [2.05, 4.69) is 16.3 Å². The third-order valence-electron chi connectivity index (χ3n) is 2.45. The van der Waals surface area contributed by atoms with E-state index in [4.69, 9.17) is 0 Å². The fraction of sp³-hybridized carbons (Fsp3) is 0. The molecule has 1 radical (unpaired) electrons. The minimum atomic E-state index is -0.169. The molecule has 5 nitrogen and oxygen atoms in total. The second-order valence-electron chi connectivity index (χ2n) is 3.58. The van der Waals surface area contributed by atoms with Gasteiger partial charge in [0.1, 0.15) is 0 Å². The zero-order valence-electron chi connectivity index (χ0n) is 8.70. The third-order valence-corrected chi connectivity index (χ3v) is 2.45. The highest BCUT2D eigenvalue weighted by Gasteiger charge is 2.05. The van der Waals surface area contributed by atoms with Crippen molar-refractivity contribution in [2.45, 2.75) is 0 Å². The topological polar surface area (TPSA) is 70.7 Å². The van der Waals surface area contributed by atoms with E-state index < -0.39 is 0 Å². The summed E-state index contributed by atoms with van der Waals surface area (Å²) in [6, 6.07) is 8.00. The van der Waals surface area contributed by atoms with Gasteiger partial charge in [-0.25, -0.2) is 9.50 Å². The molecule has 0 bridgehead atoms. The van der Waals surface area contributed by atoms with Crippen molar-refractivity contribution < 1.29 is 10.2 Å². The van der Waals surface area contributed by atoms with Crippen LogP contribution < -0.4 is 0 Å². The van der Waals surface area contributed by atoms with Crippen molar-refractivity contribution in [3.05, 3.63) is 42.7 Å². The zero-order valence-corrected chi connectivity index (χ0v) is 8.70. The van der Waals surface area contributed by atoms with E-state index in [0.717, 1.165) is 0 Å². The van der Waals surface area contributed by atoms with Crippen LogP contribution in [0.4, 0.5) is 0 Å². The molecule has 2 heterocycles. The van der Waals surface area contributed by atoms with Crippen LogP contribution in [0.3, 0.4) is 0 Å². The summed E-state index contributed by atoms with van der Waals surface area (Å²) in [4.78, 5) is 4.35. The summed E-state index contributed by atoms with van der Waals surface area (Å²) < 4.78 is 1.53. The van der Waals surface area contributed by atoms with Gasteiger partial charge in [0.25, 0.3) is 0 Å². The van der Waals surface area contributed by atoms with Gasteiger partial charge in [-0.15, -0.1) is 0 Å². The predicted octanol–water partition coefficient (Wildman–Crippen LogP) is 1.61. The summed E-state index contributed by atoms with van der Waals surface area (Å²) in [5.41, 5.74) is 2.05. The number of benzene rings is 1. The molecule has 2 N–H and O–H groups in total. The van der Waals surface area contributed by atoms with Crippen molar-refractivity contribution in [2.24, 2.45) is 0 Å². The average molecular weight is 226 g/mol. The lowest BCUT2D eigenvalue weighted by atomic mass is 10.1. The van der Waals surface area contributed by atoms with Gasteiger partial charge in [0.05, 0.1) is 18.1 Å². The number of hydrogen-bond acceptors (Lipinski definition) is 4. The Hall–Kier alpha value is -2.56. The molecular formula is C12H8N3O2. The van der Waals surface area contributed by atoms with Gasteiger partial charge in [0.2, 0.25) is 0 Å². The number of aromatic nitrogens is 3. The quantitative estimate of drug-likeness (QED) is 0.618. The molecule has 1 aromatic carbocycles. The normalized spacial score (nSPS) is 10.8. The van der Waals surface area contributed by atoms with Crippen LogP contribution in [0, 0.1) is 6.20 Å². The minimum Gasteiger partial charge on any atom is -0.504 e. The van der Waals surface area contributed by atoms with E-state index in [9.17, 15) is 10.2 Å².